The van der Waals surface area contributed by atoms with Gasteiger partial charge in [0, 0.05) is 12.1 Å². The van der Waals surface area contributed by atoms with E-state index in [1.54, 1.807) is 19.3 Å². The van der Waals surface area contributed by atoms with Gasteiger partial charge in [0.2, 0.25) is 0 Å². The minimum absolute atomic E-state index is 0.250. The van der Waals surface area contributed by atoms with Gasteiger partial charge in [0.25, 0.3) is 0 Å². The number of aromatic nitrogens is 1. The molecule has 0 spiro atoms. The zero-order valence-electron chi connectivity index (χ0n) is 13.4. The standard InChI is InChI=1S/C22H17FN/c1-24-13-12-16(14-22(24)23)10-11-21-19-8-4-2-6-17(19)15-18-7-3-5-9-20(18)21/h2-15H,1H3/q+1/b11-10+. The molecule has 3 aromatic carbocycles. The van der Waals surface area contributed by atoms with Crippen LogP contribution in [-0.4, -0.2) is 0 Å². The van der Waals surface area contributed by atoms with Crippen LogP contribution < -0.4 is 4.57 Å². The van der Waals surface area contributed by atoms with Gasteiger partial charge >= 0.3 is 5.95 Å². The van der Waals surface area contributed by atoms with Crippen LogP contribution in [0.5, 0.6) is 0 Å². The second kappa shape index (κ2) is 5.89. The summed E-state index contributed by atoms with van der Waals surface area (Å²) in [5, 5.41) is 4.83. The first-order valence-corrected chi connectivity index (χ1v) is 7.96. The third-order valence-corrected chi connectivity index (χ3v) is 4.37. The molecule has 0 bridgehead atoms. The number of halogens is 1. The van der Waals surface area contributed by atoms with Crippen LogP contribution in [0, 0.1) is 5.95 Å². The fourth-order valence-electron chi connectivity index (χ4n) is 3.07. The molecular weight excluding hydrogens is 297 g/mol. The summed E-state index contributed by atoms with van der Waals surface area (Å²) in [7, 11) is 1.70. The van der Waals surface area contributed by atoms with Crippen molar-refractivity contribution < 1.29 is 8.96 Å². The molecule has 1 nitrogen and oxygen atoms in total. The lowest BCUT2D eigenvalue weighted by Gasteiger charge is -2.08. The summed E-state index contributed by atoms with van der Waals surface area (Å²) in [6, 6.07) is 22.4. The van der Waals surface area contributed by atoms with Crippen LogP contribution in [0.4, 0.5) is 4.39 Å². The average molecular weight is 314 g/mol. The molecule has 24 heavy (non-hydrogen) atoms. The minimum Gasteiger partial charge on any atom is -0.176 e. The second-order valence-corrected chi connectivity index (χ2v) is 5.96. The molecule has 2 heteroatoms. The molecule has 0 saturated carbocycles. The van der Waals surface area contributed by atoms with E-state index in [2.05, 4.69) is 60.7 Å². The maximum atomic E-state index is 13.7. The summed E-state index contributed by atoms with van der Waals surface area (Å²) in [5.74, 6) is -0.250. The van der Waals surface area contributed by atoms with E-state index in [1.807, 2.05) is 12.1 Å². The molecule has 0 aliphatic heterocycles. The highest BCUT2D eigenvalue weighted by Gasteiger charge is 2.06. The lowest BCUT2D eigenvalue weighted by Crippen LogP contribution is -2.32. The Kier molecular flexibility index (Phi) is 3.58. The van der Waals surface area contributed by atoms with E-state index in [0.29, 0.717) is 0 Å². The Bertz CT molecular complexity index is 1030. The molecule has 0 unspecified atom stereocenters. The summed E-state index contributed by atoms with van der Waals surface area (Å²) >= 11 is 0. The average Bonchev–Trinajstić information content (AvgIpc) is 2.61. The number of benzene rings is 3. The van der Waals surface area contributed by atoms with Crippen molar-refractivity contribution in [2.45, 2.75) is 0 Å². The Morgan fingerprint density at radius 1 is 0.792 bits per heavy atom. The van der Waals surface area contributed by atoms with E-state index in [-0.39, 0.29) is 5.95 Å². The van der Waals surface area contributed by atoms with Crippen LogP contribution in [0.25, 0.3) is 33.7 Å². The van der Waals surface area contributed by atoms with Crippen LogP contribution in [0.15, 0.2) is 72.9 Å². The molecule has 0 amide bonds. The molecular formula is C22H17FN+. The predicted octanol–water partition coefficient (Wildman–Crippen LogP) is 5.13. The number of rotatable bonds is 2. The fraction of sp³-hybridized carbons (Fsp3) is 0.0455. The molecule has 0 aliphatic carbocycles. The first-order chi connectivity index (χ1) is 11.7. The number of nitrogens with zero attached hydrogens (tertiary/aromatic N) is 1. The Hall–Kier alpha value is -3.00. The van der Waals surface area contributed by atoms with Crippen LogP contribution in [-0.2, 0) is 7.05 Å². The Balaban J connectivity index is 1.93. The van der Waals surface area contributed by atoms with Gasteiger partial charge in [0.05, 0.1) is 0 Å². The van der Waals surface area contributed by atoms with E-state index >= 15 is 0 Å². The van der Waals surface area contributed by atoms with Gasteiger partial charge in [-0.1, -0.05) is 60.7 Å². The summed E-state index contributed by atoms with van der Waals surface area (Å²) in [5.41, 5.74) is 2.01. The smallest absolute Gasteiger partial charge is 0.176 e. The van der Waals surface area contributed by atoms with Gasteiger partial charge in [-0.15, -0.1) is 4.39 Å². The molecule has 1 aromatic heterocycles. The quantitative estimate of drug-likeness (QED) is 0.274. The van der Waals surface area contributed by atoms with Crippen molar-refractivity contribution in [1.82, 2.24) is 0 Å². The zero-order valence-corrected chi connectivity index (χ0v) is 13.4. The van der Waals surface area contributed by atoms with Crippen molar-refractivity contribution in [2.75, 3.05) is 0 Å². The van der Waals surface area contributed by atoms with E-state index in [1.165, 1.54) is 26.1 Å². The van der Waals surface area contributed by atoms with Crippen molar-refractivity contribution in [3.63, 3.8) is 0 Å². The van der Waals surface area contributed by atoms with Crippen LogP contribution in [0.1, 0.15) is 11.1 Å². The van der Waals surface area contributed by atoms with Crippen molar-refractivity contribution in [2.24, 2.45) is 7.05 Å². The number of aryl methyl sites for hydroxylation is 1. The van der Waals surface area contributed by atoms with E-state index in [9.17, 15) is 4.39 Å². The van der Waals surface area contributed by atoms with Crippen LogP contribution in [0.3, 0.4) is 0 Å². The van der Waals surface area contributed by atoms with E-state index in [4.69, 9.17) is 0 Å². The summed E-state index contributed by atoms with van der Waals surface area (Å²) < 4.78 is 15.2. The highest BCUT2D eigenvalue weighted by atomic mass is 19.1. The molecule has 0 fully saturated rings. The predicted molar refractivity (Wildman–Crippen MR) is 98.0 cm³/mol. The van der Waals surface area contributed by atoms with Gasteiger partial charge < -0.3 is 0 Å². The maximum Gasteiger partial charge on any atom is 0.359 e. The topological polar surface area (TPSA) is 3.88 Å². The Labute approximate surface area is 140 Å². The third kappa shape index (κ3) is 2.56. The third-order valence-electron chi connectivity index (χ3n) is 4.37. The Morgan fingerprint density at radius 2 is 1.42 bits per heavy atom. The molecule has 4 rings (SSSR count). The van der Waals surface area contributed by atoms with Crippen molar-refractivity contribution in [1.29, 1.82) is 0 Å². The van der Waals surface area contributed by atoms with Crippen LogP contribution in [0.2, 0.25) is 0 Å². The number of pyridine rings is 1. The highest BCUT2D eigenvalue weighted by Crippen LogP contribution is 2.29. The molecule has 4 aromatic rings. The summed E-state index contributed by atoms with van der Waals surface area (Å²) in [4.78, 5) is 0. The molecule has 0 radical (unpaired) electrons. The molecule has 0 N–H and O–H groups in total. The van der Waals surface area contributed by atoms with Gasteiger partial charge in [0.1, 0.15) is 7.05 Å². The van der Waals surface area contributed by atoms with E-state index in [0.717, 1.165) is 11.1 Å². The van der Waals surface area contributed by atoms with Crippen LogP contribution >= 0.6 is 0 Å². The fourth-order valence-corrected chi connectivity index (χ4v) is 3.07. The summed E-state index contributed by atoms with van der Waals surface area (Å²) in [6.07, 6.45) is 5.78. The van der Waals surface area contributed by atoms with Gasteiger partial charge in [-0.3, -0.25) is 0 Å². The van der Waals surface area contributed by atoms with Crippen molar-refractivity contribution in [3.05, 3.63) is 90.0 Å². The van der Waals surface area contributed by atoms with Gasteiger partial charge in [-0.25, -0.2) is 0 Å². The molecule has 1 heterocycles. The van der Waals surface area contributed by atoms with Crippen molar-refractivity contribution in [3.8, 4) is 0 Å². The van der Waals surface area contributed by atoms with Gasteiger partial charge in [0.15, 0.2) is 6.20 Å². The maximum absolute atomic E-state index is 13.7. The number of hydrogen-bond acceptors (Lipinski definition) is 0. The SMILES string of the molecule is C[n+]1ccc(/C=C/c2c3ccccc3cc3ccccc23)cc1F. The number of fused-ring (bicyclic) bond motifs is 2. The number of hydrogen-bond donors (Lipinski definition) is 0. The normalized spacial score (nSPS) is 11.6. The van der Waals surface area contributed by atoms with E-state index < -0.39 is 0 Å². The molecule has 0 aliphatic rings. The second-order valence-electron chi connectivity index (χ2n) is 5.96. The minimum atomic E-state index is -0.250. The van der Waals surface area contributed by atoms with Gasteiger partial charge in [-0.05, 0) is 38.7 Å². The Morgan fingerprint density at radius 3 is 2.04 bits per heavy atom. The molecule has 0 atom stereocenters. The first kappa shape index (κ1) is 14.6. The first-order valence-electron chi connectivity index (χ1n) is 7.96. The molecule has 116 valence electrons. The lowest BCUT2D eigenvalue weighted by atomic mass is 9.96. The molecule has 0 saturated heterocycles. The largest absolute Gasteiger partial charge is 0.359 e. The summed E-state index contributed by atoms with van der Waals surface area (Å²) in [6.45, 7) is 0. The zero-order chi connectivity index (χ0) is 16.5. The van der Waals surface area contributed by atoms with Crippen molar-refractivity contribution >= 4 is 33.7 Å². The highest BCUT2D eigenvalue weighted by molar-refractivity contribution is 6.07. The lowest BCUT2D eigenvalue weighted by molar-refractivity contribution is -0.700. The van der Waals surface area contributed by atoms with Gasteiger partial charge in [-0.2, -0.15) is 4.57 Å². The monoisotopic (exact) mass is 314 g/mol.